The summed E-state index contributed by atoms with van der Waals surface area (Å²) in [4.78, 5) is 32.5. The van der Waals surface area contributed by atoms with Crippen molar-refractivity contribution in [2.45, 2.75) is 6.42 Å². The Morgan fingerprint density at radius 2 is 2.08 bits per heavy atom. The molecular formula is C8H6O4S. The highest BCUT2D eigenvalue weighted by Crippen LogP contribution is 2.10. The van der Waals surface area contributed by atoms with Gasteiger partial charge < -0.3 is 5.11 Å². The predicted molar refractivity (Wildman–Crippen MR) is 45.9 cm³/mol. The van der Waals surface area contributed by atoms with Gasteiger partial charge in [-0.25, -0.2) is 0 Å². The Bertz CT molecular complexity index is 339. The van der Waals surface area contributed by atoms with Crippen LogP contribution in [-0.4, -0.2) is 22.6 Å². The molecule has 0 saturated heterocycles. The Labute approximate surface area is 77.8 Å². The summed E-state index contributed by atoms with van der Waals surface area (Å²) in [6.45, 7) is 0. The summed E-state index contributed by atoms with van der Waals surface area (Å²) >= 11 is 1.12. The zero-order valence-corrected chi connectivity index (χ0v) is 7.34. The van der Waals surface area contributed by atoms with Crippen LogP contribution in [0.2, 0.25) is 0 Å². The molecule has 1 aromatic heterocycles. The molecule has 1 heterocycles. The van der Waals surface area contributed by atoms with E-state index in [1.165, 1.54) is 6.07 Å². The van der Waals surface area contributed by atoms with Crippen molar-refractivity contribution in [1.29, 1.82) is 0 Å². The lowest BCUT2D eigenvalue weighted by molar-refractivity contribution is -0.139. The number of carboxylic acid groups (broad SMARTS) is 1. The van der Waals surface area contributed by atoms with Crippen molar-refractivity contribution in [3.8, 4) is 0 Å². The number of Topliss-reactive ketones (excluding diaryl/α,β-unsaturated/α-hetero) is 2. The van der Waals surface area contributed by atoms with Crippen molar-refractivity contribution in [2.24, 2.45) is 0 Å². The monoisotopic (exact) mass is 198 g/mol. The van der Waals surface area contributed by atoms with Gasteiger partial charge in [0, 0.05) is 0 Å². The first-order chi connectivity index (χ1) is 6.11. The van der Waals surface area contributed by atoms with Crippen LogP contribution < -0.4 is 0 Å². The first-order valence-electron chi connectivity index (χ1n) is 3.44. The molecule has 0 aliphatic rings. The number of carboxylic acids is 1. The third kappa shape index (κ3) is 2.48. The second kappa shape index (κ2) is 3.95. The summed E-state index contributed by atoms with van der Waals surface area (Å²) in [5.74, 6) is -2.89. The highest BCUT2D eigenvalue weighted by Gasteiger charge is 2.19. The second-order valence-electron chi connectivity index (χ2n) is 2.30. The Kier molecular flexibility index (Phi) is 2.92. The number of hydrogen-bond donors (Lipinski definition) is 1. The van der Waals surface area contributed by atoms with Gasteiger partial charge in [-0.2, -0.15) is 0 Å². The molecule has 0 aliphatic carbocycles. The van der Waals surface area contributed by atoms with Gasteiger partial charge >= 0.3 is 5.97 Å². The number of thiophene rings is 1. The lowest BCUT2D eigenvalue weighted by Crippen LogP contribution is -2.16. The number of rotatable bonds is 4. The largest absolute Gasteiger partial charge is 0.481 e. The summed E-state index contributed by atoms with van der Waals surface area (Å²) < 4.78 is 0. The minimum atomic E-state index is -1.28. The van der Waals surface area contributed by atoms with Crippen LogP contribution in [0.3, 0.4) is 0 Å². The minimum Gasteiger partial charge on any atom is -0.481 e. The van der Waals surface area contributed by atoms with Crippen molar-refractivity contribution in [3.05, 3.63) is 22.4 Å². The third-order valence-corrected chi connectivity index (χ3v) is 2.18. The first kappa shape index (κ1) is 9.60. The summed E-state index contributed by atoms with van der Waals surface area (Å²) in [6, 6.07) is 3.12. The van der Waals surface area contributed by atoms with Crippen molar-refractivity contribution in [1.82, 2.24) is 0 Å². The number of carbonyl (C=O) groups excluding carboxylic acids is 2. The van der Waals surface area contributed by atoms with E-state index in [0.29, 0.717) is 0 Å². The predicted octanol–water partition coefficient (Wildman–Crippen LogP) is 0.975. The summed E-state index contributed by atoms with van der Waals surface area (Å²) in [7, 11) is 0. The van der Waals surface area contributed by atoms with E-state index in [4.69, 9.17) is 5.11 Å². The lowest BCUT2D eigenvalue weighted by Gasteiger charge is -1.92. The van der Waals surface area contributed by atoms with Crippen LogP contribution in [0.15, 0.2) is 17.5 Å². The molecule has 0 aromatic carbocycles. The Morgan fingerprint density at radius 1 is 1.38 bits per heavy atom. The maximum atomic E-state index is 11.1. The number of hydrogen-bond acceptors (Lipinski definition) is 4. The topological polar surface area (TPSA) is 71.4 Å². The van der Waals surface area contributed by atoms with Crippen molar-refractivity contribution in [3.63, 3.8) is 0 Å². The third-order valence-electron chi connectivity index (χ3n) is 1.31. The van der Waals surface area contributed by atoms with Crippen LogP contribution in [0.5, 0.6) is 0 Å². The van der Waals surface area contributed by atoms with Crippen LogP contribution in [0, 0.1) is 0 Å². The highest BCUT2D eigenvalue weighted by atomic mass is 32.1. The van der Waals surface area contributed by atoms with Crippen LogP contribution in [-0.2, 0) is 9.59 Å². The van der Waals surface area contributed by atoms with Gasteiger partial charge in [0.1, 0.15) is 6.42 Å². The zero-order chi connectivity index (χ0) is 9.84. The minimum absolute atomic E-state index is 0.284. The maximum absolute atomic E-state index is 11.1. The molecule has 0 spiro atoms. The smallest absolute Gasteiger partial charge is 0.311 e. The van der Waals surface area contributed by atoms with E-state index in [1.54, 1.807) is 11.4 Å². The average molecular weight is 198 g/mol. The standard InChI is InChI=1S/C8H6O4S/c9-5(4-7(10)11)8(12)6-2-1-3-13-6/h1-3H,4H2,(H,10,11). The van der Waals surface area contributed by atoms with Crippen molar-refractivity contribution in [2.75, 3.05) is 0 Å². The summed E-state index contributed by atoms with van der Waals surface area (Å²) in [5, 5.41) is 9.91. The first-order valence-corrected chi connectivity index (χ1v) is 4.32. The lowest BCUT2D eigenvalue weighted by atomic mass is 10.2. The SMILES string of the molecule is O=C(O)CC(=O)C(=O)c1cccs1. The fourth-order valence-electron chi connectivity index (χ4n) is 0.763. The van der Waals surface area contributed by atoms with E-state index in [1.807, 2.05) is 0 Å². The van der Waals surface area contributed by atoms with Gasteiger partial charge in [0.2, 0.25) is 11.6 Å². The Hall–Kier alpha value is -1.49. The van der Waals surface area contributed by atoms with Crippen LogP contribution in [0.25, 0.3) is 0 Å². The van der Waals surface area contributed by atoms with Crippen LogP contribution >= 0.6 is 11.3 Å². The fourth-order valence-corrected chi connectivity index (χ4v) is 1.44. The molecule has 4 nitrogen and oxygen atoms in total. The van der Waals surface area contributed by atoms with Gasteiger partial charge in [-0.15, -0.1) is 11.3 Å². The quantitative estimate of drug-likeness (QED) is 0.444. The van der Waals surface area contributed by atoms with Crippen molar-refractivity contribution < 1.29 is 19.5 Å². The number of ketones is 2. The van der Waals surface area contributed by atoms with Gasteiger partial charge in [-0.05, 0) is 11.4 Å². The Balaban J connectivity index is 2.69. The molecule has 0 bridgehead atoms. The molecule has 5 heteroatoms. The molecule has 0 fully saturated rings. The van der Waals surface area contributed by atoms with Crippen molar-refractivity contribution >= 4 is 28.9 Å². The van der Waals surface area contributed by atoms with E-state index >= 15 is 0 Å². The summed E-state index contributed by atoms with van der Waals surface area (Å²) in [6.07, 6.45) is -0.739. The molecular weight excluding hydrogens is 192 g/mol. The van der Waals surface area contributed by atoms with Gasteiger partial charge in [-0.1, -0.05) is 6.07 Å². The van der Waals surface area contributed by atoms with Crippen LogP contribution in [0.1, 0.15) is 16.1 Å². The second-order valence-corrected chi connectivity index (χ2v) is 3.25. The van der Waals surface area contributed by atoms with E-state index in [2.05, 4.69) is 0 Å². The van der Waals surface area contributed by atoms with Gasteiger partial charge in [0.15, 0.2) is 0 Å². The molecule has 1 N–H and O–H groups in total. The van der Waals surface area contributed by atoms with E-state index < -0.39 is 24.0 Å². The van der Waals surface area contributed by atoms with Gasteiger partial charge in [-0.3, -0.25) is 14.4 Å². The van der Waals surface area contributed by atoms with Crippen LogP contribution in [0.4, 0.5) is 0 Å². The maximum Gasteiger partial charge on any atom is 0.311 e. The highest BCUT2D eigenvalue weighted by molar-refractivity contribution is 7.13. The van der Waals surface area contributed by atoms with Gasteiger partial charge in [0.05, 0.1) is 4.88 Å². The fraction of sp³-hybridized carbons (Fsp3) is 0.125. The molecule has 0 amide bonds. The normalized spacial score (nSPS) is 9.54. The van der Waals surface area contributed by atoms with E-state index in [-0.39, 0.29) is 4.88 Å². The molecule has 0 radical (unpaired) electrons. The van der Waals surface area contributed by atoms with E-state index in [9.17, 15) is 14.4 Å². The molecule has 0 unspecified atom stereocenters. The average Bonchev–Trinajstić information content (AvgIpc) is 2.53. The number of aliphatic carboxylic acids is 1. The number of carbonyl (C=O) groups is 3. The summed E-state index contributed by atoms with van der Waals surface area (Å²) in [5.41, 5.74) is 0. The molecule has 1 rings (SSSR count). The molecule has 0 aliphatic heterocycles. The molecule has 68 valence electrons. The molecule has 0 saturated carbocycles. The molecule has 13 heavy (non-hydrogen) atoms. The molecule has 0 atom stereocenters. The zero-order valence-electron chi connectivity index (χ0n) is 6.52. The molecule has 1 aromatic rings. The van der Waals surface area contributed by atoms with Gasteiger partial charge in [0.25, 0.3) is 0 Å². The van der Waals surface area contributed by atoms with E-state index in [0.717, 1.165) is 11.3 Å². The Morgan fingerprint density at radius 3 is 2.54 bits per heavy atom.